The molecule has 0 spiro atoms. The van der Waals surface area contributed by atoms with Crippen LogP contribution in [0.3, 0.4) is 0 Å². The highest BCUT2D eigenvalue weighted by Gasteiger charge is 2.07. The Morgan fingerprint density at radius 2 is 1.30 bits per heavy atom. The number of rotatable bonds is 2. The van der Waals surface area contributed by atoms with Crippen molar-refractivity contribution < 1.29 is 0 Å². The lowest BCUT2D eigenvalue weighted by Crippen LogP contribution is -1.90. The molecule has 20 heavy (non-hydrogen) atoms. The fourth-order valence-electron chi connectivity index (χ4n) is 2.40. The first-order chi connectivity index (χ1) is 9.74. The molecule has 1 nitrogen and oxygen atoms in total. The average molecular weight is 259 g/mol. The molecule has 0 unspecified atom stereocenters. The molecule has 1 heteroatoms. The first kappa shape index (κ1) is 12.5. The van der Waals surface area contributed by atoms with Gasteiger partial charge in [-0.15, -0.1) is 0 Å². The maximum Gasteiger partial charge on any atom is 0.0320 e. The molecule has 0 aliphatic carbocycles. The molecule has 3 rings (SSSR count). The number of hydrogen-bond donors (Lipinski definition) is 1. The lowest BCUT2D eigenvalue weighted by molar-refractivity contribution is 1.47. The lowest BCUT2D eigenvalue weighted by Gasteiger charge is -2.11. The van der Waals surface area contributed by atoms with Gasteiger partial charge in [-0.3, -0.25) is 0 Å². The molecular weight excluding hydrogens is 242 g/mol. The van der Waals surface area contributed by atoms with Crippen molar-refractivity contribution in [3.8, 4) is 22.3 Å². The van der Waals surface area contributed by atoms with Crippen molar-refractivity contribution >= 4 is 5.69 Å². The summed E-state index contributed by atoms with van der Waals surface area (Å²) in [7, 11) is 0. The first-order valence-electron chi connectivity index (χ1n) is 6.76. The van der Waals surface area contributed by atoms with Gasteiger partial charge in [0.15, 0.2) is 0 Å². The lowest BCUT2D eigenvalue weighted by atomic mass is 9.94. The number of benzene rings is 3. The van der Waals surface area contributed by atoms with Gasteiger partial charge in [-0.2, -0.15) is 0 Å². The Kier molecular flexibility index (Phi) is 3.26. The molecule has 0 aliphatic heterocycles. The number of nitrogen functional groups attached to an aromatic ring is 1. The fourth-order valence-corrected chi connectivity index (χ4v) is 2.40. The summed E-state index contributed by atoms with van der Waals surface area (Å²) in [4.78, 5) is 0. The zero-order chi connectivity index (χ0) is 13.9. The number of nitrogens with two attached hydrogens (primary N) is 1. The smallest absolute Gasteiger partial charge is 0.0320 e. The zero-order valence-corrected chi connectivity index (χ0v) is 11.5. The third-order valence-corrected chi connectivity index (χ3v) is 3.49. The predicted octanol–water partition coefficient (Wildman–Crippen LogP) is 4.91. The van der Waals surface area contributed by atoms with E-state index in [1.165, 1.54) is 27.8 Å². The minimum Gasteiger partial charge on any atom is -0.399 e. The van der Waals surface area contributed by atoms with Crippen LogP contribution >= 0.6 is 0 Å². The molecule has 3 aromatic carbocycles. The van der Waals surface area contributed by atoms with Crippen LogP contribution in [0.5, 0.6) is 0 Å². The molecule has 0 atom stereocenters. The van der Waals surface area contributed by atoms with Crippen LogP contribution in [0.25, 0.3) is 22.3 Å². The van der Waals surface area contributed by atoms with E-state index in [4.69, 9.17) is 5.73 Å². The van der Waals surface area contributed by atoms with Crippen molar-refractivity contribution in [1.29, 1.82) is 0 Å². The predicted molar refractivity (Wildman–Crippen MR) is 86.5 cm³/mol. The zero-order valence-electron chi connectivity index (χ0n) is 11.5. The van der Waals surface area contributed by atoms with E-state index in [0.717, 1.165) is 5.69 Å². The number of anilines is 1. The molecule has 0 saturated heterocycles. The Labute approximate surface area is 119 Å². The van der Waals surface area contributed by atoms with Gasteiger partial charge in [-0.05, 0) is 41.3 Å². The summed E-state index contributed by atoms with van der Waals surface area (Å²) in [6, 6.07) is 25.1. The van der Waals surface area contributed by atoms with Gasteiger partial charge in [0.1, 0.15) is 0 Å². The van der Waals surface area contributed by atoms with E-state index in [1.54, 1.807) is 0 Å². The first-order valence-corrected chi connectivity index (χ1v) is 6.76. The maximum absolute atomic E-state index is 5.97. The highest BCUT2D eigenvalue weighted by molar-refractivity contribution is 5.85. The van der Waals surface area contributed by atoms with Gasteiger partial charge in [0.05, 0.1) is 0 Å². The molecule has 2 N–H and O–H groups in total. The van der Waals surface area contributed by atoms with Gasteiger partial charge < -0.3 is 5.73 Å². The standard InChI is InChI=1S/C19H17N/c1-14-7-9-16(10-8-14)19-13-17(20)11-12-18(19)15-5-3-2-4-6-15/h2-13H,20H2,1H3. The van der Waals surface area contributed by atoms with Crippen LogP contribution in [-0.2, 0) is 0 Å². The quantitative estimate of drug-likeness (QED) is 0.650. The summed E-state index contributed by atoms with van der Waals surface area (Å²) in [6.45, 7) is 2.10. The second-order valence-electron chi connectivity index (χ2n) is 5.04. The molecule has 0 aromatic heterocycles. The van der Waals surface area contributed by atoms with E-state index in [0.29, 0.717) is 0 Å². The van der Waals surface area contributed by atoms with E-state index in [2.05, 4.69) is 61.5 Å². The Balaban J connectivity index is 2.19. The summed E-state index contributed by atoms with van der Waals surface area (Å²) in [5, 5.41) is 0. The summed E-state index contributed by atoms with van der Waals surface area (Å²) in [6.07, 6.45) is 0. The summed E-state index contributed by atoms with van der Waals surface area (Å²) in [5.41, 5.74) is 12.8. The molecule has 98 valence electrons. The van der Waals surface area contributed by atoms with Gasteiger partial charge in [0, 0.05) is 5.69 Å². The van der Waals surface area contributed by atoms with Crippen LogP contribution in [-0.4, -0.2) is 0 Å². The highest BCUT2D eigenvalue weighted by Crippen LogP contribution is 2.33. The van der Waals surface area contributed by atoms with Crippen molar-refractivity contribution in [1.82, 2.24) is 0 Å². The maximum atomic E-state index is 5.97. The molecule has 0 aliphatic rings. The number of aryl methyl sites for hydroxylation is 1. The van der Waals surface area contributed by atoms with E-state index < -0.39 is 0 Å². The van der Waals surface area contributed by atoms with Crippen molar-refractivity contribution in [2.24, 2.45) is 0 Å². The van der Waals surface area contributed by atoms with Crippen molar-refractivity contribution in [3.63, 3.8) is 0 Å². The van der Waals surface area contributed by atoms with E-state index >= 15 is 0 Å². The van der Waals surface area contributed by atoms with Gasteiger partial charge in [-0.25, -0.2) is 0 Å². The van der Waals surface area contributed by atoms with Crippen LogP contribution in [0.4, 0.5) is 5.69 Å². The Hall–Kier alpha value is -2.54. The van der Waals surface area contributed by atoms with Gasteiger partial charge in [-0.1, -0.05) is 66.2 Å². The van der Waals surface area contributed by atoms with Crippen LogP contribution in [0.15, 0.2) is 72.8 Å². The molecular formula is C19H17N. The molecule has 0 saturated carbocycles. The minimum absolute atomic E-state index is 0.792. The van der Waals surface area contributed by atoms with Gasteiger partial charge >= 0.3 is 0 Å². The Bertz CT molecular complexity index is 713. The topological polar surface area (TPSA) is 26.0 Å². The fraction of sp³-hybridized carbons (Fsp3) is 0.0526. The minimum atomic E-state index is 0.792. The third kappa shape index (κ3) is 2.43. The second kappa shape index (κ2) is 5.22. The van der Waals surface area contributed by atoms with Gasteiger partial charge in [0.2, 0.25) is 0 Å². The van der Waals surface area contributed by atoms with Crippen LogP contribution in [0, 0.1) is 6.92 Å². The Morgan fingerprint density at radius 3 is 2.00 bits per heavy atom. The summed E-state index contributed by atoms with van der Waals surface area (Å²) < 4.78 is 0. The molecule has 0 fully saturated rings. The van der Waals surface area contributed by atoms with Crippen LogP contribution in [0.1, 0.15) is 5.56 Å². The highest BCUT2D eigenvalue weighted by atomic mass is 14.5. The van der Waals surface area contributed by atoms with Crippen molar-refractivity contribution in [3.05, 3.63) is 78.4 Å². The van der Waals surface area contributed by atoms with Crippen LogP contribution < -0.4 is 5.73 Å². The van der Waals surface area contributed by atoms with E-state index in [1.807, 2.05) is 18.2 Å². The summed E-state index contributed by atoms with van der Waals surface area (Å²) in [5.74, 6) is 0. The molecule has 3 aromatic rings. The molecule has 0 bridgehead atoms. The van der Waals surface area contributed by atoms with Gasteiger partial charge in [0.25, 0.3) is 0 Å². The van der Waals surface area contributed by atoms with E-state index in [9.17, 15) is 0 Å². The monoisotopic (exact) mass is 259 g/mol. The normalized spacial score (nSPS) is 10.4. The second-order valence-corrected chi connectivity index (χ2v) is 5.04. The van der Waals surface area contributed by atoms with Crippen molar-refractivity contribution in [2.75, 3.05) is 5.73 Å². The largest absolute Gasteiger partial charge is 0.399 e. The van der Waals surface area contributed by atoms with Crippen LogP contribution in [0.2, 0.25) is 0 Å². The molecule has 0 radical (unpaired) electrons. The molecule has 0 amide bonds. The summed E-state index contributed by atoms with van der Waals surface area (Å²) >= 11 is 0. The van der Waals surface area contributed by atoms with Crippen molar-refractivity contribution in [2.45, 2.75) is 6.92 Å². The third-order valence-electron chi connectivity index (χ3n) is 3.49. The SMILES string of the molecule is Cc1ccc(-c2cc(N)ccc2-c2ccccc2)cc1. The average Bonchev–Trinajstić information content (AvgIpc) is 2.49. The molecule has 0 heterocycles. The number of hydrogen-bond acceptors (Lipinski definition) is 1. The Morgan fingerprint density at radius 1 is 0.650 bits per heavy atom. The van der Waals surface area contributed by atoms with E-state index in [-0.39, 0.29) is 0 Å².